The third-order valence-corrected chi connectivity index (χ3v) is 2.78. The molecule has 0 spiro atoms. The van der Waals surface area contributed by atoms with E-state index in [0.717, 1.165) is 11.8 Å². The van der Waals surface area contributed by atoms with Crippen molar-refractivity contribution in [2.75, 3.05) is 5.73 Å². The lowest BCUT2D eigenvalue weighted by molar-refractivity contribution is 0.567. The lowest BCUT2D eigenvalue weighted by atomic mass is 10.1. The van der Waals surface area contributed by atoms with Gasteiger partial charge in [0.1, 0.15) is 0 Å². The molecular weight excluding hydrogens is 257 g/mol. The summed E-state index contributed by atoms with van der Waals surface area (Å²) in [5.74, 6) is -1.06. The van der Waals surface area contributed by atoms with E-state index in [2.05, 4.69) is 4.98 Å². The molecule has 0 bridgehead atoms. The van der Waals surface area contributed by atoms with Gasteiger partial charge in [-0.1, -0.05) is 23.7 Å². The van der Waals surface area contributed by atoms with E-state index in [0.29, 0.717) is 18.0 Å². The summed E-state index contributed by atoms with van der Waals surface area (Å²) in [7, 11) is 0. The van der Waals surface area contributed by atoms with Gasteiger partial charge in [0, 0.05) is 17.8 Å². The molecule has 1 aromatic heterocycles. The van der Waals surface area contributed by atoms with E-state index in [1.54, 1.807) is 12.1 Å². The third-order valence-electron chi connectivity index (χ3n) is 2.53. The van der Waals surface area contributed by atoms with Gasteiger partial charge < -0.3 is 5.73 Å². The first-order chi connectivity index (χ1) is 8.56. The van der Waals surface area contributed by atoms with E-state index in [1.165, 1.54) is 4.57 Å². The van der Waals surface area contributed by atoms with E-state index in [-0.39, 0.29) is 5.82 Å². The van der Waals surface area contributed by atoms with Crippen molar-refractivity contribution in [3.8, 4) is 0 Å². The Bertz CT molecular complexity index is 610. The zero-order valence-corrected chi connectivity index (χ0v) is 10.2. The van der Waals surface area contributed by atoms with Crippen molar-refractivity contribution >= 4 is 17.4 Å². The highest BCUT2D eigenvalue weighted by Crippen LogP contribution is 2.10. The molecule has 0 unspecified atom stereocenters. The molecule has 1 heterocycles. The average Bonchev–Trinajstić information content (AvgIpc) is 2.34. The number of hydrogen-bond acceptors (Lipinski definition) is 3. The number of nitrogens with zero attached hydrogens (tertiary/aromatic N) is 2. The zero-order chi connectivity index (χ0) is 13.1. The summed E-state index contributed by atoms with van der Waals surface area (Å²) in [6.45, 7) is 0.338. The molecule has 2 rings (SSSR count). The minimum Gasteiger partial charge on any atom is -0.381 e. The molecule has 0 saturated heterocycles. The monoisotopic (exact) mass is 267 g/mol. The summed E-state index contributed by atoms with van der Waals surface area (Å²) in [4.78, 5) is 14.8. The Hall–Kier alpha value is -1.88. The van der Waals surface area contributed by atoms with Crippen molar-refractivity contribution in [3.63, 3.8) is 0 Å². The maximum atomic E-state index is 13.2. The van der Waals surface area contributed by atoms with Gasteiger partial charge in [0.05, 0.1) is 0 Å². The Morgan fingerprint density at radius 2 is 2.00 bits per heavy atom. The van der Waals surface area contributed by atoms with Crippen LogP contribution in [0.2, 0.25) is 5.02 Å². The van der Waals surface area contributed by atoms with Crippen LogP contribution in [0.1, 0.15) is 5.56 Å². The number of rotatable bonds is 3. The van der Waals surface area contributed by atoms with Crippen LogP contribution in [-0.4, -0.2) is 9.55 Å². The lowest BCUT2D eigenvalue weighted by Crippen LogP contribution is -2.25. The molecule has 0 atom stereocenters. The van der Waals surface area contributed by atoms with Crippen molar-refractivity contribution < 1.29 is 4.39 Å². The molecule has 0 aliphatic rings. The summed E-state index contributed by atoms with van der Waals surface area (Å²) in [6, 6.07) is 7.24. The number of benzene rings is 1. The first-order valence-corrected chi connectivity index (χ1v) is 5.71. The maximum Gasteiger partial charge on any atom is 0.349 e. The minimum absolute atomic E-state index is 0.338. The molecule has 0 aliphatic heterocycles. The topological polar surface area (TPSA) is 60.9 Å². The molecule has 2 aromatic rings. The van der Waals surface area contributed by atoms with Gasteiger partial charge in [-0.25, -0.2) is 9.18 Å². The van der Waals surface area contributed by atoms with Gasteiger partial charge in [-0.15, -0.1) is 0 Å². The van der Waals surface area contributed by atoms with Crippen LogP contribution in [0.4, 0.5) is 10.2 Å². The molecule has 0 saturated carbocycles. The minimum atomic E-state index is -0.689. The number of aryl methyl sites for hydroxylation is 2. The van der Waals surface area contributed by atoms with Crippen molar-refractivity contribution in [1.29, 1.82) is 0 Å². The van der Waals surface area contributed by atoms with Gasteiger partial charge in [0.2, 0.25) is 0 Å². The second-order valence-corrected chi connectivity index (χ2v) is 4.26. The van der Waals surface area contributed by atoms with Crippen LogP contribution in [-0.2, 0) is 13.0 Å². The standard InChI is InChI=1S/C12H11ClFN3O/c13-9-3-1-8(2-4-9)5-6-17-7-10(14)11(15)16-12(17)18/h1-4,7H,5-6H2,(H2,15,16,18). The summed E-state index contributed by atoms with van der Waals surface area (Å²) in [5, 5.41) is 0.649. The molecule has 1 aromatic carbocycles. The van der Waals surface area contributed by atoms with Gasteiger partial charge in [0.25, 0.3) is 0 Å². The summed E-state index contributed by atoms with van der Waals surface area (Å²) < 4.78 is 14.4. The molecule has 0 radical (unpaired) electrons. The number of anilines is 1. The summed E-state index contributed by atoms with van der Waals surface area (Å²) in [5.41, 5.74) is 5.65. The highest BCUT2D eigenvalue weighted by atomic mass is 35.5. The van der Waals surface area contributed by atoms with E-state index >= 15 is 0 Å². The molecule has 18 heavy (non-hydrogen) atoms. The fourth-order valence-electron chi connectivity index (χ4n) is 1.54. The van der Waals surface area contributed by atoms with Gasteiger partial charge >= 0.3 is 5.69 Å². The van der Waals surface area contributed by atoms with Crippen LogP contribution in [0, 0.1) is 5.82 Å². The Kier molecular flexibility index (Phi) is 3.62. The quantitative estimate of drug-likeness (QED) is 0.923. The van der Waals surface area contributed by atoms with Crippen molar-refractivity contribution in [2.24, 2.45) is 0 Å². The van der Waals surface area contributed by atoms with Crippen LogP contribution >= 0.6 is 11.6 Å². The van der Waals surface area contributed by atoms with Crippen LogP contribution in [0.3, 0.4) is 0 Å². The molecule has 6 heteroatoms. The second-order valence-electron chi connectivity index (χ2n) is 3.83. The highest BCUT2D eigenvalue weighted by molar-refractivity contribution is 6.30. The molecule has 0 fully saturated rings. The van der Waals surface area contributed by atoms with E-state index in [9.17, 15) is 9.18 Å². The Labute approximate surface area is 108 Å². The van der Waals surface area contributed by atoms with Crippen LogP contribution in [0.5, 0.6) is 0 Å². The largest absolute Gasteiger partial charge is 0.381 e. The first-order valence-electron chi connectivity index (χ1n) is 5.33. The molecule has 0 aliphatic carbocycles. The predicted octanol–water partition coefficient (Wildman–Crippen LogP) is 1.86. The van der Waals surface area contributed by atoms with Crippen molar-refractivity contribution in [1.82, 2.24) is 9.55 Å². The maximum absolute atomic E-state index is 13.2. The van der Waals surface area contributed by atoms with E-state index in [4.69, 9.17) is 17.3 Å². The molecular formula is C12H11ClFN3O. The van der Waals surface area contributed by atoms with Crippen LogP contribution in [0.15, 0.2) is 35.3 Å². The average molecular weight is 268 g/mol. The summed E-state index contributed by atoms with van der Waals surface area (Å²) in [6.07, 6.45) is 1.66. The summed E-state index contributed by atoms with van der Waals surface area (Å²) >= 11 is 5.76. The van der Waals surface area contributed by atoms with E-state index in [1.807, 2.05) is 12.1 Å². The lowest BCUT2D eigenvalue weighted by Gasteiger charge is -2.06. The SMILES string of the molecule is Nc1nc(=O)n(CCc2ccc(Cl)cc2)cc1F. The third kappa shape index (κ3) is 2.87. The van der Waals surface area contributed by atoms with Gasteiger partial charge in [-0.05, 0) is 24.1 Å². The highest BCUT2D eigenvalue weighted by Gasteiger charge is 2.05. The number of nitrogen functional groups attached to an aromatic ring is 1. The normalized spacial score (nSPS) is 10.6. The van der Waals surface area contributed by atoms with Gasteiger partial charge in [0.15, 0.2) is 11.6 Å². The number of aromatic nitrogens is 2. The zero-order valence-electron chi connectivity index (χ0n) is 9.44. The van der Waals surface area contributed by atoms with Gasteiger partial charge in [-0.2, -0.15) is 4.98 Å². The smallest absolute Gasteiger partial charge is 0.349 e. The molecule has 2 N–H and O–H groups in total. The van der Waals surface area contributed by atoms with Crippen molar-refractivity contribution in [3.05, 3.63) is 57.3 Å². The molecule has 0 amide bonds. The molecule has 4 nitrogen and oxygen atoms in total. The predicted molar refractivity (Wildman–Crippen MR) is 68.0 cm³/mol. The fourth-order valence-corrected chi connectivity index (χ4v) is 1.67. The van der Waals surface area contributed by atoms with Crippen LogP contribution in [0.25, 0.3) is 0 Å². The fraction of sp³-hybridized carbons (Fsp3) is 0.167. The number of halogens is 2. The first kappa shape index (κ1) is 12.6. The van der Waals surface area contributed by atoms with Gasteiger partial charge in [-0.3, -0.25) is 4.57 Å². The van der Waals surface area contributed by atoms with Crippen molar-refractivity contribution in [2.45, 2.75) is 13.0 Å². The Morgan fingerprint density at radius 1 is 1.33 bits per heavy atom. The van der Waals surface area contributed by atoms with Crippen LogP contribution < -0.4 is 11.4 Å². The Balaban J connectivity index is 2.13. The second kappa shape index (κ2) is 5.18. The number of nitrogens with two attached hydrogens (primary N) is 1. The molecule has 94 valence electrons. The number of hydrogen-bond donors (Lipinski definition) is 1. The Morgan fingerprint density at radius 3 is 2.67 bits per heavy atom. The van der Waals surface area contributed by atoms with E-state index < -0.39 is 11.5 Å².